The fraction of sp³-hybridized carbons (Fsp3) is 0.615. The summed E-state index contributed by atoms with van der Waals surface area (Å²) in [5.41, 5.74) is 2.78. The molecule has 0 bridgehead atoms. The maximum atomic E-state index is 12.2. The summed E-state index contributed by atoms with van der Waals surface area (Å²) in [4.78, 5) is 22.2. The minimum Gasteiger partial charge on any atom is -0.337 e. The summed E-state index contributed by atoms with van der Waals surface area (Å²) >= 11 is 0. The van der Waals surface area contributed by atoms with Crippen LogP contribution in [0.4, 0.5) is 5.82 Å². The van der Waals surface area contributed by atoms with Gasteiger partial charge in [0.15, 0.2) is 5.82 Å². The summed E-state index contributed by atoms with van der Waals surface area (Å²) in [6, 6.07) is 0. The van der Waals surface area contributed by atoms with Gasteiger partial charge in [0.05, 0.1) is 12.4 Å². The highest BCUT2D eigenvalue weighted by molar-refractivity contribution is 5.92. The quantitative estimate of drug-likeness (QED) is 0.634. The van der Waals surface area contributed by atoms with Crippen LogP contribution in [0.5, 0.6) is 0 Å². The van der Waals surface area contributed by atoms with Crippen molar-refractivity contribution >= 4 is 11.7 Å². The molecule has 19 heavy (non-hydrogen) atoms. The van der Waals surface area contributed by atoms with Crippen LogP contribution in [0.3, 0.4) is 0 Å². The number of anilines is 1. The molecule has 104 valence electrons. The number of nitrogens with two attached hydrogens (primary N) is 1. The molecule has 1 aromatic heterocycles. The molecule has 1 aliphatic heterocycles. The van der Waals surface area contributed by atoms with E-state index in [1.807, 2.05) is 4.90 Å². The molecule has 1 fully saturated rings. The number of carbonyl (C=O) groups excluding carboxylic acids is 1. The molecule has 1 aromatic rings. The van der Waals surface area contributed by atoms with E-state index in [1.165, 1.54) is 25.2 Å². The van der Waals surface area contributed by atoms with Crippen LogP contribution in [-0.4, -0.2) is 33.9 Å². The van der Waals surface area contributed by atoms with Gasteiger partial charge in [-0.25, -0.2) is 15.8 Å². The number of aromatic nitrogens is 2. The topological polar surface area (TPSA) is 84.1 Å². The number of piperidine rings is 1. The SMILES string of the molecule is CCCC1CCN(C(=O)c2cnc(NN)cn2)CC1. The lowest BCUT2D eigenvalue weighted by molar-refractivity contribution is 0.0680. The van der Waals surface area contributed by atoms with Crippen molar-refractivity contribution in [3.63, 3.8) is 0 Å². The first-order chi connectivity index (χ1) is 9.24. The third-order valence-electron chi connectivity index (χ3n) is 3.62. The second kappa shape index (κ2) is 6.47. The first-order valence-corrected chi connectivity index (χ1v) is 6.82. The summed E-state index contributed by atoms with van der Waals surface area (Å²) in [5, 5.41) is 0. The fourth-order valence-corrected chi connectivity index (χ4v) is 2.51. The molecule has 6 heteroatoms. The van der Waals surface area contributed by atoms with Gasteiger partial charge in [0, 0.05) is 13.1 Å². The van der Waals surface area contributed by atoms with E-state index in [0.717, 1.165) is 31.8 Å². The Kier molecular flexibility index (Phi) is 4.68. The number of nitrogen functional groups attached to an aromatic ring is 1. The van der Waals surface area contributed by atoms with Crippen LogP contribution >= 0.6 is 0 Å². The van der Waals surface area contributed by atoms with E-state index in [9.17, 15) is 4.79 Å². The van der Waals surface area contributed by atoms with Crippen LogP contribution in [0.25, 0.3) is 0 Å². The number of hydrazine groups is 1. The summed E-state index contributed by atoms with van der Waals surface area (Å²) < 4.78 is 0. The fourth-order valence-electron chi connectivity index (χ4n) is 2.51. The number of likely N-dealkylation sites (tertiary alicyclic amines) is 1. The molecule has 0 saturated carbocycles. The number of rotatable bonds is 4. The van der Waals surface area contributed by atoms with Gasteiger partial charge in [0.25, 0.3) is 5.91 Å². The average Bonchev–Trinajstić information content (AvgIpc) is 2.48. The maximum Gasteiger partial charge on any atom is 0.274 e. The first kappa shape index (κ1) is 13.7. The maximum absolute atomic E-state index is 12.2. The second-order valence-electron chi connectivity index (χ2n) is 4.96. The van der Waals surface area contributed by atoms with Crippen LogP contribution in [0.2, 0.25) is 0 Å². The van der Waals surface area contributed by atoms with E-state index in [4.69, 9.17) is 5.84 Å². The van der Waals surface area contributed by atoms with Crippen molar-refractivity contribution in [1.82, 2.24) is 14.9 Å². The molecule has 2 rings (SSSR count). The number of amides is 1. The Morgan fingerprint density at radius 2 is 2.16 bits per heavy atom. The molecule has 1 saturated heterocycles. The van der Waals surface area contributed by atoms with Crippen molar-refractivity contribution in [3.05, 3.63) is 18.1 Å². The van der Waals surface area contributed by atoms with Crippen LogP contribution in [-0.2, 0) is 0 Å². The van der Waals surface area contributed by atoms with Crippen molar-refractivity contribution in [2.45, 2.75) is 32.6 Å². The van der Waals surface area contributed by atoms with Gasteiger partial charge in [-0.3, -0.25) is 4.79 Å². The van der Waals surface area contributed by atoms with Gasteiger partial charge in [0.2, 0.25) is 0 Å². The highest BCUT2D eigenvalue weighted by Crippen LogP contribution is 2.22. The largest absolute Gasteiger partial charge is 0.337 e. The van der Waals surface area contributed by atoms with Crippen molar-refractivity contribution in [3.8, 4) is 0 Å². The second-order valence-corrected chi connectivity index (χ2v) is 4.96. The molecule has 1 aliphatic rings. The smallest absolute Gasteiger partial charge is 0.274 e. The number of hydrogen-bond donors (Lipinski definition) is 2. The van der Waals surface area contributed by atoms with Crippen LogP contribution in [0.1, 0.15) is 43.1 Å². The Morgan fingerprint density at radius 3 is 2.68 bits per heavy atom. The Hall–Kier alpha value is -1.69. The van der Waals surface area contributed by atoms with Gasteiger partial charge in [-0.2, -0.15) is 0 Å². The number of nitrogens with zero attached hydrogens (tertiary/aromatic N) is 3. The van der Waals surface area contributed by atoms with Crippen molar-refractivity contribution in [2.24, 2.45) is 11.8 Å². The average molecular weight is 263 g/mol. The zero-order chi connectivity index (χ0) is 13.7. The standard InChI is InChI=1S/C13H21N5O/c1-2-3-10-4-6-18(7-5-10)13(19)11-8-16-12(17-14)9-15-11/h8-10H,2-7,14H2,1H3,(H,16,17). The lowest BCUT2D eigenvalue weighted by Gasteiger charge is -2.31. The molecular formula is C13H21N5O. The lowest BCUT2D eigenvalue weighted by Crippen LogP contribution is -2.38. The molecule has 2 heterocycles. The third-order valence-corrected chi connectivity index (χ3v) is 3.62. The molecular weight excluding hydrogens is 242 g/mol. The van der Waals surface area contributed by atoms with Gasteiger partial charge < -0.3 is 10.3 Å². The van der Waals surface area contributed by atoms with Gasteiger partial charge >= 0.3 is 0 Å². The minimum atomic E-state index is -0.0361. The monoisotopic (exact) mass is 263 g/mol. The number of hydrogen-bond acceptors (Lipinski definition) is 5. The van der Waals surface area contributed by atoms with Gasteiger partial charge in [-0.1, -0.05) is 19.8 Å². The van der Waals surface area contributed by atoms with E-state index >= 15 is 0 Å². The van der Waals surface area contributed by atoms with Crippen molar-refractivity contribution in [1.29, 1.82) is 0 Å². The molecule has 1 amide bonds. The van der Waals surface area contributed by atoms with Crippen molar-refractivity contribution in [2.75, 3.05) is 18.5 Å². The highest BCUT2D eigenvalue weighted by atomic mass is 16.2. The van der Waals surface area contributed by atoms with E-state index in [0.29, 0.717) is 11.5 Å². The van der Waals surface area contributed by atoms with E-state index < -0.39 is 0 Å². The lowest BCUT2D eigenvalue weighted by atomic mass is 9.92. The van der Waals surface area contributed by atoms with E-state index in [-0.39, 0.29) is 5.91 Å². The molecule has 0 aromatic carbocycles. The molecule has 6 nitrogen and oxygen atoms in total. The predicted molar refractivity (Wildman–Crippen MR) is 73.4 cm³/mol. The zero-order valence-electron chi connectivity index (χ0n) is 11.3. The molecule has 0 unspecified atom stereocenters. The number of nitrogens with one attached hydrogen (secondary N) is 1. The normalized spacial score (nSPS) is 16.4. The Labute approximate surface area is 113 Å². The van der Waals surface area contributed by atoms with Gasteiger partial charge in [-0.05, 0) is 18.8 Å². The third kappa shape index (κ3) is 3.41. The predicted octanol–water partition coefficient (Wildman–Crippen LogP) is 1.41. The molecule has 0 aliphatic carbocycles. The summed E-state index contributed by atoms with van der Waals surface area (Å²) in [6.07, 6.45) is 7.61. The molecule has 0 atom stereocenters. The van der Waals surface area contributed by atoms with Crippen LogP contribution in [0.15, 0.2) is 12.4 Å². The van der Waals surface area contributed by atoms with E-state index in [1.54, 1.807) is 0 Å². The van der Waals surface area contributed by atoms with Crippen molar-refractivity contribution < 1.29 is 4.79 Å². The Balaban J connectivity index is 1.93. The zero-order valence-corrected chi connectivity index (χ0v) is 11.3. The Morgan fingerprint density at radius 1 is 1.42 bits per heavy atom. The van der Waals surface area contributed by atoms with Gasteiger partial charge in [0.1, 0.15) is 5.69 Å². The Bertz CT molecular complexity index is 412. The van der Waals surface area contributed by atoms with Crippen LogP contribution in [0, 0.1) is 5.92 Å². The molecule has 3 N–H and O–H groups in total. The summed E-state index contributed by atoms with van der Waals surface area (Å²) in [6.45, 7) is 3.85. The van der Waals surface area contributed by atoms with Crippen LogP contribution < -0.4 is 11.3 Å². The van der Waals surface area contributed by atoms with Gasteiger partial charge in [-0.15, -0.1) is 0 Å². The minimum absolute atomic E-state index is 0.0361. The van der Waals surface area contributed by atoms with E-state index in [2.05, 4.69) is 22.3 Å². The number of carbonyl (C=O) groups is 1. The molecule has 0 spiro atoms. The summed E-state index contributed by atoms with van der Waals surface area (Å²) in [5.74, 6) is 6.40. The molecule has 0 radical (unpaired) electrons. The first-order valence-electron chi connectivity index (χ1n) is 6.82. The summed E-state index contributed by atoms with van der Waals surface area (Å²) in [7, 11) is 0. The highest BCUT2D eigenvalue weighted by Gasteiger charge is 2.23.